The summed E-state index contributed by atoms with van der Waals surface area (Å²) in [6.07, 6.45) is -0.345. The van der Waals surface area contributed by atoms with Gasteiger partial charge in [0.15, 0.2) is 6.10 Å². The molecule has 0 spiro atoms. The molecule has 2 atom stereocenters. The summed E-state index contributed by atoms with van der Waals surface area (Å²) in [4.78, 5) is 13.5. The number of nitrogens with zero attached hydrogens (tertiary/aromatic N) is 1. The van der Waals surface area contributed by atoms with Gasteiger partial charge in [0.1, 0.15) is 11.5 Å². The van der Waals surface area contributed by atoms with Crippen molar-refractivity contribution in [3.63, 3.8) is 0 Å². The van der Waals surface area contributed by atoms with Crippen molar-refractivity contribution in [3.8, 4) is 11.5 Å². The van der Waals surface area contributed by atoms with Gasteiger partial charge in [0.05, 0.1) is 30.3 Å². The first kappa shape index (κ1) is 24.6. The fraction of sp³-hybridized carbons (Fsp3) is 0.296. The second kappa shape index (κ2) is 10.00. The zero-order valence-corrected chi connectivity index (χ0v) is 21.1. The van der Waals surface area contributed by atoms with Crippen LogP contribution in [0.15, 0.2) is 71.6 Å². The normalized spacial score (nSPS) is 16.1. The number of amides is 1. The third-order valence-corrected chi connectivity index (χ3v) is 7.95. The number of ether oxygens (including phenoxy) is 2. The smallest absolute Gasteiger partial charge is 0.264 e. The summed E-state index contributed by atoms with van der Waals surface area (Å²) in [5.74, 6) is 0.772. The third kappa shape index (κ3) is 4.98. The molecular weight excluding hydrogens is 464 g/mol. The lowest BCUT2D eigenvalue weighted by Crippen LogP contribution is -2.51. The number of hydrogen-bond acceptors (Lipinski definition) is 5. The number of benzene rings is 3. The Morgan fingerprint density at radius 3 is 2.51 bits per heavy atom. The molecule has 1 aliphatic heterocycles. The first-order chi connectivity index (χ1) is 16.7. The number of carbonyl (C=O) groups is 1. The van der Waals surface area contributed by atoms with E-state index in [1.54, 1.807) is 49.6 Å². The molecule has 0 aliphatic carbocycles. The van der Waals surface area contributed by atoms with Gasteiger partial charge < -0.3 is 14.8 Å². The molecule has 7 nitrogen and oxygen atoms in total. The highest BCUT2D eigenvalue weighted by molar-refractivity contribution is 7.92. The lowest BCUT2D eigenvalue weighted by Gasteiger charge is -2.35. The van der Waals surface area contributed by atoms with Crippen molar-refractivity contribution in [2.24, 2.45) is 0 Å². The molecule has 1 heterocycles. The monoisotopic (exact) mass is 494 g/mol. The van der Waals surface area contributed by atoms with Crippen LogP contribution in [0.3, 0.4) is 0 Å². The molecule has 184 valence electrons. The van der Waals surface area contributed by atoms with E-state index in [1.165, 1.54) is 4.31 Å². The minimum absolute atomic E-state index is 0.128. The predicted molar refractivity (Wildman–Crippen MR) is 135 cm³/mol. The fourth-order valence-corrected chi connectivity index (χ4v) is 5.75. The Kier molecular flexibility index (Phi) is 7.03. The first-order valence-corrected chi connectivity index (χ1v) is 13.0. The lowest BCUT2D eigenvalue weighted by molar-refractivity contribution is -0.128. The summed E-state index contributed by atoms with van der Waals surface area (Å²) in [6.45, 7) is 5.70. The van der Waals surface area contributed by atoms with Gasteiger partial charge in [-0.2, -0.15) is 0 Å². The lowest BCUT2D eigenvalue weighted by atomic mass is 10.0. The Hall–Kier alpha value is -3.52. The minimum Gasteiger partial charge on any atom is -0.496 e. The maximum absolute atomic E-state index is 13.5. The van der Waals surface area contributed by atoms with Gasteiger partial charge in [-0.15, -0.1) is 0 Å². The van der Waals surface area contributed by atoms with Crippen LogP contribution in [-0.2, 0) is 14.8 Å². The molecule has 3 aromatic carbocycles. The maximum atomic E-state index is 13.5. The van der Waals surface area contributed by atoms with Gasteiger partial charge >= 0.3 is 0 Å². The average molecular weight is 495 g/mol. The van der Waals surface area contributed by atoms with Gasteiger partial charge in [0.25, 0.3) is 15.9 Å². The molecule has 1 amide bonds. The maximum Gasteiger partial charge on any atom is 0.264 e. The van der Waals surface area contributed by atoms with E-state index in [-0.39, 0.29) is 23.4 Å². The van der Waals surface area contributed by atoms with Crippen LogP contribution in [-0.4, -0.2) is 34.1 Å². The number of rotatable bonds is 7. The van der Waals surface area contributed by atoms with E-state index in [0.717, 1.165) is 22.4 Å². The van der Waals surface area contributed by atoms with Crippen LogP contribution < -0.4 is 19.1 Å². The number of carbonyl (C=O) groups excluding carboxylic acids is 1. The molecule has 1 aliphatic rings. The highest BCUT2D eigenvalue weighted by Gasteiger charge is 2.38. The summed E-state index contributed by atoms with van der Waals surface area (Å²) in [6, 6.07) is 19.0. The number of fused-ring (bicyclic) bond motifs is 1. The van der Waals surface area contributed by atoms with Crippen molar-refractivity contribution in [3.05, 3.63) is 83.4 Å². The van der Waals surface area contributed by atoms with Crippen molar-refractivity contribution in [1.82, 2.24) is 5.32 Å². The summed E-state index contributed by atoms with van der Waals surface area (Å²) >= 11 is 0. The van der Waals surface area contributed by atoms with E-state index in [1.807, 2.05) is 45.0 Å². The van der Waals surface area contributed by atoms with E-state index >= 15 is 0 Å². The van der Waals surface area contributed by atoms with E-state index < -0.39 is 16.1 Å². The molecule has 0 saturated heterocycles. The van der Waals surface area contributed by atoms with E-state index in [0.29, 0.717) is 17.9 Å². The van der Waals surface area contributed by atoms with Gasteiger partial charge in [0, 0.05) is 0 Å². The molecule has 4 rings (SSSR count). The Balaban J connectivity index is 1.63. The highest BCUT2D eigenvalue weighted by atomic mass is 32.2. The van der Waals surface area contributed by atoms with Crippen molar-refractivity contribution in [2.45, 2.75) is 44.2 Å². The van der Waals surface area contributed by atoms with Gasteiger partial charge in [-0.25, -0.2) is 8.42 Å². The zero-order chi connectivity index (χ0) is 25.2. The van der Waals surface area contributed by atoms with Crippen molar-refractivity contribution in [1.29, 1.82) is 0 Å². The topological polar surface area (TPSA) is 84.9 Å². The summed E-state index contributed by atoms with van der Waals surface area (Å²) in [5, 5.41) is 3.05. The average Bonchev–Trinajstić information content (AvgIpc) is 2.86. The number of nitrogens with one attached hydrogen (secondary N) is 1. The number of sulfonamides is 1. The van der Waals surface area contributed by atoms with Crippen LogP contribution in [0, 0.1) is 13.8 Å². The highest BCUT2D eigenvalue weighted by Crippen LogP contribution is 2.38. The predicted octanol–water partition coefficient (Wildman–Crippen LogP) is 4.54. The van der Waals surface area contributed by atoms with Crippen LogP contribution in [0.5, 0.6) is 11.5 Å². The van der Waals surface area contributed by atoms with Crippen LogP contribution >= 0.6 is 0 Å². The largest absolute Gasteiger partial charge is 0.496 e. The molecule has 0 bridgehead atoms. The standard InChI is InChI=1S/C27H30N2O5S/c1-5-22(20-12-14-24(33-4)19(3)16-20)28-27(30)26-17-29(23-13-11-18(2)15-25(23)34-26)35(31,32)21-9-7-6-8-10-21/h6-16,22,26H,5,17H2,1-4H3,(H,28,30)/t22-,26+/m1/s1. The van der Waals surface area contributed by atoms with Crippen LogP contribution in [0.2, 0.25) is 0 Å². The molecular formula is C27H30N2O5S. The van der Waals surface area contributed by atoms with Crippen LogP contribution in [0.1, 0.15) is 36.1 Å². The molecule has 0 saturated carbocycles. The van der Waals surface area contributed by atoms with E-state index in [9.17, 15) is 13.2 Å². The third-order valence-electron chi connectivity index (χ3n) is 6.15. The molecule has 1 N–H and O–H groups in total. The van der Waals surface area contributed by atoms with Gasteiger partial charge in [-0.1, -0.05) is 43.3 Å². The number of anilines is 1. The summed E-state index contributed by atoms with van der Waals surface area (Å²) in [7, 11) is -2.27. The molecule has 0 radical (unpaired) electrons. The molecule has 0 unspecified atom stereocenters. The Morgan fingerprint density at radius 2 is 1.86 bits per heavy atom. The van der Waals surface area contributed by atoms with Gasteiger partial charge in [-0.3, -0.25) is 9.10 Å². The molecule has 0 fully saturated rings. The van der Waals surface area contributed by atoms with E-state index in [2.05, 4.69) is 5.32 Å². The molecule has 0 aromatic heterocycles. The molecule has 35 heavy (non-hydrogen) atoms. The SMILES string of the molecule is CC[C@@H](NC(=O)[C@@H]1CN(S(=O)(=O)c2ccccc2)c2ccc(C)cc2O1)c1ccc(OC)c(C)c1. The number of hydrogen-bond donors (Lipinski definition) is 1. The fourth-order valence-electron chi connectivity index (χ4n) is 4.25. The Morgan fingerprint density at radius 1 is 1.11 bits per heavy atom. The first-order valence-electron chi connectivity index (χ1n) is 11.5. The Labute approximate surface area is 206 Å². The number of aryl methyl sites for hydroxylation is 2. The van der Waals surface area contributed by atoms with Crippen molar-refractivity contribution in [2.75, 3.05) is 18.0 Å². The van der Waals surface area contributed by atoms with Crippen LogP contribution in [0.4, 0.5) is 5.69 Å². The zero-order valence-electron chi connectivity index (χ0n) is 20.3. The Bertz CT molecular complexity index is 1320. The summed E-state index contributed by atoms with van der Waals surface area (Å²) in [5.41, 5.74) is 3.24. The van der Waals surface area contributed by atoms with Gasteiger partial charge in [-0.05, 0) is 67.3 Å². The van der Waals surface area contributed by atoms with Gasteiger partial charge in [0.2, 0.25) is 0 Å². The van der Waals surface area contributed by atoms with Crippen molar-refractivity contribution < 1.29 is 22.7 Å². The molecule has 3 aromatic rings. The van der Waals surface area contributed by atoms with Crippen molar-refractivity contribution >= 4 is 21.6 Å². The second-order valence-electron chi connectivity index (χ2n) is 8.63. The second-order valence-corrected chi connectivity index (χ2v) is 10.5. The van der Waals surface area contributed by atoms with Crippen LogP contribution in [0.25, 0.3) is 0 Å². The molecule has 8 heteroatoms. The summed E-state index contributed by atoms with van der Waals surface area (Å²) < 4.78 is 39.7. The van der Waals surface area contributed by atoms with E-state index in [4.69, 9.17) is 9.47 Å². The number of methoxy groups -OCH3 is 1. The minimum atomic E-state index is -3.89. The quantitative estimate of drug-likeness (QED) is 0.521.